The van der Waals surface area contributed by atoms with Crippen LogP contribution >= 0.6 is 0 Å². The lowest BCUT2D eigenvalue weighted by atomic mass is 10.1. The fraction of sp³-hybridized carbons (Fsp3) is 0.500. The Labute approximate surface area is 147 Å². The molecule has 1 fully saturated rings. The number of hydrogen-bond donors (Lipinski definition) is 2. The number of aromatic amines is 1. The van der Waals surface area contributed by atoms with Crippen molar-refractivity contribution in [2.24, 2.45) is 0 Å². The Morgan fingerprint density at radius 3 is 3.00 bits per heavy atom. The lowest BCUT2D eigenvalue weighted by molar-refractivity contribution is -0.124. The summed E-state index contributed by atoms with van der Waals surface area (Å²) in [5.41, 5.74) is 2.53. The summed E-state index contributed by atoms with van der Waals surface area (Å²) >= 11 is 0. The molecule has 0 saturated carbocycles. The molecule has 0 bridgehead atoms. The van der Waals surface area contributed by atoms with E-state index in [2.05, 4.69) is 44.5 Å². The molecule has 1 aromatic heterocycles. The molecule has 2 aromatic rings. The van der Waals surface area contributed by atoms with Gasteiger partial charge in [0.25, 0.3) is 0 Å². The number of H-pyrrole nitrogens is 1. The van der Waals surface area contributed by atoms with Crippen LogP contribution in [0.3, 0.4) is 0 Å². The molecular formula is C18H25N5O2. The van der Waals surface area contributed by atoms with E-state index in [0.29, 0.717) is 32.1 Å². The molecule has 1 aliphatic heterocycles. The standard InChI is InChI=1S/C18H25N5O2/c1-13-5-3-4-6-15(13)7-8-19-17(24)12-23-9-10-25-16(11-23)18-20-14(2)21-22-18/h3-6,16H,7-12H2,1-2H3,(H,19,24)(H,20,21,22)/t16-/m0/s1. The number of hydrogen-bond acceptors (Lipinski definition) is 5. The van der Waals surface area contributed by atoms with E-state index < -0.39 is 0 Å². The first-order chi connectivity index (χ1) is 12.1. The van der Waals surface area contributed by atoms with Crippen molar-refractivity contribution in [1.29, 1.82) is 0 Å². The predicted molar refractivity (Wildman–Crippen MR) is 94.1 cm³/mol. The summed E-state index contributed by atoms with van der Waals surface area (Å²) < 4.78 is 5.72. The van der Waals surface area contributed by atoms with Crippen LogP contribution in [0.2, 0.25) is 0 Å². The summed E-state index contributed by atoms with van der Waals surface area (Å²) in [5, 5.41) is 9.99. The molecule has 2 heterocycles. The van der Waals surface area contributed by atoms with Crippen molar-refractivity contribution >= 4 is 5.91 Å². The fourth-order valence-corrected chi connectivity index (χ4v) is 2.99. The van der Waals surface area contributed by atoms with Crippen molar-refractivity contribution in [2.45, 2.75) is 26.4 Å². The van der Waals surface area contributed by atoms with Crippen LogP contribution in [0.4, 0.5) is 0 Å². The molecule has 0 aliphatic carbocycles. The van der Waals surface area contributed by atoms with E-state index in [0.717, 1.165) is 18.8 Å². The van der Waals surface area contributed by atoms with Gasteiger partial charge in [0.1, 0.15) is 11.9 Å². The lowest BCUT2D eigenvalue weighted by Gasteiger charge is -2.30. The molecular weight excluding hydrogens is 318 g/mol. The number of nitrogens with one attached hydrogen (secondary N) is 2. The van der Waals surface area contributed by atoms with Gasteiger partial charge in [0.15, 0.2) is 5.82 Å². The summed E-state index contributed by atoms with van der Waals surface area (Å²) in [5.74, 6) is 1.47. The molecule has 7 nitrogen and oxygen atoms in total. The Morgan fingerprint density at radius 2 is 2.24 bits per heavy atom. The van der Waals surface area contributed by atoms with Crippen LogP contribution in [0.25, 0.3) is 0 Å². The van der Waals surface area contributed by atoms with Crippen molar-refractivity contribution < 1.29 is 9.53 Å². The highest BCUT2D eigenvalue weighted by Crippen LogP contribution is 2.18. The van der Waals surface area contributed by atoms with E-state index >= 15 is 0 Å². The second-order valence-electron chi connectivity index (χ2n) is 6.40. The van der Waals surface area contributed by atoms with Gasteiger partial charge in [0.05, 0.1) is 13.2 Å². The van der Waals surface area contributed by atoms with Crippen molar-refractivity contribution in [2.75, 3.05) is 32.8 Å². The monoisotopic (exact) mass is 343 g/mol. The minimum atomic E-state index is -0.182. The smallest absolute Gasteiger partial charge is 0.234 e. The molecule has 2 N–H and O–H groups in total. The lowest BCUT2D eigenvalue weighted by Crippen LogP contribution is -2.44. The summed E-state index contributed by atoms with van der Waals surface area (Å²) in [6, 6.07) is 8.26. The highest BCUT2D eigenvalue weighted by Gasteiger charge is 2.26. The second-order valence-corrected chi connectivity index (χ2v) is 6.40. The topological polar surface area (TPSA) is 83.1 Å². The van der Waals surface area contributed by atoms with Crippen molar-refractivity contribution in [3.8, 4) is 0 Å². The number of aryl methyl sites for hydroxylation is 2. The summed E-state index contributed by atoms with van der Waals surface area (Å²) in [4.78, 5) is 18.6. The molecule has 1 amide bonds. The molecule has 0 unspecified atom stereocenters. The van der Waals surface area contributed by atoms with Crippen LogP contribution in [-0.4, -0.2) is 58.8 Å². The van der Waals surface area contributed by atoms with Crippen LogP contribution in [0.5, 0.6) is 0 Å². The molecule has 3 rings (SSSR count). The van der Waals surface area contributed by atoms with Gasteiger partial charge in [-0.15, -0.1) is 0 Å². The average Bonchev–Trinajstić information content (AvgIpc) is 3.03. The number of rotatable bonds is 6. The number of nitrogens with zero attached hydrogens (tertiary/aromatic N) is 3. The molecule has 0 spiro atoms. The molecule has 7 heteroatoms. The van der Waals surface area contributed by atoms with E-state index in [9.17, 15) is 4.79 Å². The Balaban J connectivity index is 1.43. The van der Waals surface area contributed by atoms with Crippen molar-refractivity contribution in [1.82, 2.24) is 25.4 Å². The van der Waals surface area contributed by atoms with E-state index in [1.54, 1.807) is 0 Å². The zero-order chi connectivity index (χ0) is 17.6. The maximum absolute atomic E-state index is 12.2. The summed E-state index contributed by atoms with van der Waals surface area (Å²) in [6.07, 6.45) is 0.666. The Morgan fingerprint density at radius 1 is 1.40 bits per heavy atom. The van der Waals surface area contributed by atoms with Gasteiger partial charge < -0.3 is 10.1 Å². The molecule has 0 radical (unpaired) electrons. The molecule has 1 saturated heterocycles. The predicted octanol–water partition coefficient (Wildman–Crippen LogP) is 1.15. The maximum Gasteiger partial charge on any atom is 0.234 e. The number of carbonyl (C=O) groups is 1. The van der Waals surface area contributed by atoms with Gasteiger partial charge in [-0.1, -0.05) is 24.3 Å². The molecule has 1 atom stereocenters. The SMILES string of the molecule is Cc1nc([C@@H]2CN(CC(=O)NCCc3ccccc3C)CCO2)n[nH]1. The second kappa shape index (κ2) is 8.22. The number of ether oxygens (including phenoxy) is 1. The molecule has 25 heavy (non-hydrogen) atoms. The fourth-order valence-electron chi connectivity index (χ4n) is 2.99. The van der Waals surface area contributed by atoms with Crippen LogP contribution in [0.1, 0.15) is 28.9 Å². The number of amides is 1. The maximum atomic E-state index is 12.2. The van der Waals surface area contributed by atoms with Gasteiger partial charge in [-0.05, 0) is 31.4 Å². The number of aromatic nitrogens is 3. The van der Waals surface area contributed by atoms with E-state index in [1.165, 1.54) is 11.1 Å². The number of carbonyl (C=O) groups excluding carboxylic acids is 1. The summed E-state index contributed by atoms with van der Waals surface area (Å²) in [7, 11) is 0. The Kier molecular flexibility index (Phi) is 5.78. The quantitative estimate of drug-likeness (QED) is 0.822. The third-order valence-electron chi connectivity index (χ3n) is 4.40. The van der Waals surface area contributed by atoms with Gasteiger partial charge >= 0.3 is 0 Å². The highest BCUT2D eigenvalue weighted by molar-refractivity contribution is 5.78. The zero-order valence-electron chi connectivity index (χ0n) is 14.8. The molecule has 1 aromatic carbocycles. The third-order valence-corrected chi connectivity index (χ3v) is 4.40. The minimum absolute atomic E-state index is 0.0420. The zero-order valence-corrected chi connectivity index (χ0v) is 14.8. The first-order valence-electron chi connectivity index (χ1n) is 8.66. The van der Waals surface area contributed by atoms with Gasteiger partial charge in [-0.3, -0.25) is 14.8 Å². The van der Waals surface area contributed by atoms with Crippen LogP contribution in [0, 0.1) is 13.8 Å². The number of morpholine rings is 1. The number of benzene rings is 1. The van der Waals surface area contributed by atoms with Gasteiger partial charge in [0.2, 0.25) is 5.91 Å². The Hall–Kier alpha value is -2.25. The largest absolute Gasteiger partial charge is 0.367 e. The van der Waals surface area contributed by atoms with Crippen LogP contribution < -0.4 is 5.32 Å². The van der Waals surface area contributed by atoms with Gasteiger partial charge in [-0.2, -0.15) is 5.10 Å². The first kappa shape index (κ1) is 17.6. The normalized spacial score (nSPS) is 18.2. The van der Waals surface area contributed by atoms with E-state index in [4.69, 9.17) is 4.74 Å². The van der Waals surface area contributed by atoms with Crippen molar-refractivity contribution in [3.05, 3.63) is 47.0 Å². The van der Waals surface area contributed by atoms with Gasteiger partial charge in [-0.25, -0.2) is 4.98 Å². The molecule has 1 aliphatic rings. The highest BCUT2D eigenvalue weighted by atomic mass is 16.5. The van der Waals surface area contributed by atoms with E-state index in [1.807, 2.05) is 19.1 Å². The minimum Gasteiger partial charge on any atom is -0.367 e. The molecule has 134 valence electrons. The van der Waals surface area contributed by atoms with Crippen LogP contribution in [0.15, 0.2) is 24.3 Å². The van der Waals surface area contributed by atoms with Crippen molar-refractivity contribution in [3.63, 3.8) is 0 Å². The van der Waals surface area contributed by atoms with Gasteiger partial charge in [0, 0.05) is 19.6 Å². The Bertz CT molecular complexity index is 715. The third kappa shape index (κ3) is 4.87. The first-order valence-corrected chi connectivity index (χ1v) is 8.66. The summed E-state index contributed by atoms with van der Waals surface area (Å²) in [6.45, 7) is 6.92. The van der Waals surface area contributed by atoms with Crippen LogP contribution in [-0.2, 0) is 16.0 Å². The van der Waals surface area contributed by atoms with E-state index in [-0.39, 0.29) is 12.0 Å². The average molecular weight is 343 g/mol.